The van der Waals surface area contributed by atoms with Crippen LogP contribution in [0.2, 0.25) is 0 Å². The smallest absolute Gasteiger partial charge is 0.212 e. The average molecular weight is 308 g/mol. The fourth-order valence-corrected chi connectivity index (χ4v) is 5.66. The van der Waals surface area contributed by atoms with Crippen molar-refractivity contribution in [3.05, 3.63) is 0 Å². The van der Waals surface area contributed by atoms with Crippen molar-refractivity contribution in [3.63, 3.8) is 0 Å². The summed E-state index contributed by atoms with van der Waals surface area (Å²) in [4.78, 5) is 0. The Balaban J connectivity index is 1.73. The summed E-state index contributed by atoms with van der Waals surface area (Å²) in [5.74, 6) is 3.18. The SMILES string of the molecule is O=S(=O)(CBr)NC1CC2CC1C1CCCC21. The molecule has 2 bridgehead atoms. The van der Waals surface area contributed by atoms with Gasteiger partial charge < -0.3 is 0 Å². The molecule has 0 aromatic rings. The van der Waals surface area contributed by atoms with E-state index in [1.165, 1.54) is 25.7 Å². The van der Waals surface area contributed by atoms with E-state index in [0.717, 1.165) is 24.2 Å². The maximum Gasteiger partial charge on any atom is 0.221 e. The third-order valence-corrected chi connectivity index (χ3v) is 7.66. The van der Waals surface area contributed by atoms with Crippen molar-refractivity contribution in [2.45, 2.75) is 38.1 Å². The molecular weight excluding hydrogens is 290 g/mol. The normalized spacial score (nSPS) is 46.2. The van der Waals surface area contributed by atoms with Gasteiger partial charge in [-0.3, -0.25) is 0 Å². The maximum absolute atomic E-state index is 11.6. The molecule has 92 valence electrons. The molecule has 0 aliphatic heterocycles. The van der Waals surface area contributed by atoms with Crippen molar-refractivity contribution in [3.8, 4) is 0 Å². The molecule has 0 heterocycles. The number of hydrogen-bond acceptors (Lipinski definition) is 2. The minimum Gasteiger partial charge on any atom is -0.212 e. The monoisotopic (exact) mass is 307 g/mol. The lowest BCUT2D eigenvalue weighted by Gasteiger charge is -2.31. The molecule has 0 aromatic heterocycles. The van der Waals surface area contributed by atoms with E-state index in [1.807, 2.05) is 0 Å². The molecule has 5 unspecified atom stereocenters. The van der Waals surface area contributed by atoms with Crippen LogP contribution >= 0.6 is 15.9 Å². The topological polar surface area (TPSA) is 46.2 Å². The second kappa shape index (κ2) is 3.95. The largest absolute Gasteiger partial charge is 0.221 e. The van der Waals surface area contributed by atoms with E-state index < -0.39 is 10.0 Å². The second-order valence-electron chi connectivity index (χ2n) is 5.60. The molecule has 16 heavy (non-hydrogen) atoms. The van der Waals surface area contributed by atoms with Gasteiger partial charge in [-0.05, 0) is 49.4 Å². The number of sulfonamides is 1. The maximum atomic E-state index is 11.6. The summed E-state index contributed by atoms with van der Waals surface area (Å²) in [6.07, 6.45) is 6.44. The molecule has 1 N–H and O–H groups in total. The zero-order valence-electron chi connectivity index (χ0n) is 9.23. The van der Waals surface area contributed by atoms with Crippen LogP contribution in [-0.4, -0.2) is 19.1 Å². The minimum absolute atomic E-state index is 0.0297. The van der Waals surface area contributed by atoms with Crippen molar-refractivity contribution >= 4 is 26.0 Å². The first-order valence-electron chi connectivity index (χ1n) is 6.16. The van der Waals surface area contributed by atoms with Crippen molar-refractivity contribution in [1.29, 1.82) is 0 Å². The number of halogens is 1. The highest BCUT2D eigenvalue weighted by Crippen LogP contribution is 2.58. The van der Waals surface area contributed by atoms with Crippen LogP contribution < -0.4 is 4.72 Å². The van der Waals surface area contributed by atoms with Crippen LogP contribution in [0.3, 0.4) is 0 Å². The Bertz CT molecular complexity index is 383. The van der Waals surface area contributed by atoms with Gasteiger partial charge in [0.25, 0.3) is 0 Å². The van der Waals surface area contributed by atoms with Gasteiger partial charge in [-0.15, -0.1) is 0 Å². The molecule has 3 aliphatic rings. The number of rotatable bonds is 3. The standard InChI is InChI=1S/C11H18BrNO2S/c12-6-16(14,15)13-11-5-7-4-10(11)9-3-1-2-8(7)9/h7-11,13H,1-6H2. The molecule has 5 heteroatoms. The van der Waals surface area contributed by atoms with Gasteiger partial charge >= 0.3 is 0 Å². The zero-order chi connectivity index (χ0) is 11.3. The molecule has 0 saturated heterocycles. The van der Waals surface area contributed by atoms with Crippen LogP contribution in [0.25, 0.3) is 0 Å². The predicted molar refractivity (Wildman–Crippen MR) is 66.7 cm³/mol. The molecular formula is C11H18BrNO2S. The predicted octanol–water partition coefficient (Wildman–Crippen LogP) is 2.08. The lowest BCUT2D eigenvalue weighted by Crippen LogP contribution is -2.42. The summed E-state index contributed by atoms with van der Waals surface area (Å²) in [7, 11) is -3.09. The number of alkyl halides is 1. The molecule has 5 atom stereocenters. The molecule has 3 aliphatic carbocycles. The highest BCUT2D eigenvalue weighted by atomic mass is 79.9. The van der Waals surface area contributed by atoms with E-state index in [9.17, 15) is 8.42 Å². The van der Waals surface area contributed by atoms with Crippen LogP contribution in [0.4, 0.5) is 0 Å². The quantitative estimate of drug-likeness (QED) is 0.812. The number of fused-ring (bicyclic) bond motifs is 5. The summed E-state index contributed by atoms with van der Waals surface area (Å²) < 4.78 is 26.0. The lowest BCUT2D eigenvalue weighted by molar-refractivity contribution is 0.224. The van der Waals surface area contributed by atoms with E-state index in [0.29, 0.717) is 5.92 Å². The highest BCUT2D eigenvalue weighted by Gasteiger charge is 2.54. The molecule has 0 radical (unpaired) electrons. The van der Waals surface area contributed by atoms with Crippen LogP contribution in [0.1, 0.15) is 32.1 Å². The van der Waals surface area contributed by atoms with Gasteiger partial charge in [0.15, 0.2) is 0 Å². The second-order valence-corrected chi connectivity index (χ2v) is 8.66. The summed E-state index contributed by atoms with van der Waals surface area (Å²) in [6, 6.07) is 0.229. The van der Waals surface area contributed by atoms with Gasteiger partial charge in [0.05, 0.1) is 0 Å². The minimum atomic E-state index is -3.09. The first kappa shape index (κ1) is 11.5. The van der Waals surface area contributed by atoms with Crippen LogP contribution in [0.5, 0.6) is 0 Å². The Hall–Kier alpha value is 0.390. The Kier molecular flexibility index (Phi) is 2.84. The van der Waals surface area contributed by atoms with E-state index in [1.54, 1.807) is 0 Å². The van der Waals surface area contributed by atoms with Gasteiger partial charge in [0.2, 0.25) is 10.0 Å². The molecule has 0 amide bonds. The Morgan fingerprint density at radius 3 is 2.62 bits per heavy atom. The van der Waals surface area contributed by atoms with Gasteiger partial charge in [0, 0.05) is 6.04 Å². The summed E-state index contributed by atoms with van der Waals surface area (Å²) in [5.41, 5.74) is 0. The Morgan fingerprint density at radius 2 is 1.88 bits per heavy atom. The van der Waals surface area contributed by atoms with Crippen molar-refractivity contribution in [1.82, 2.24) is 4.72 Å². The Morgan fingerprint density at radius 1 is 1.12 bits per heavy atom. The molecule has 0 spiro atoms. The van der Waals surface area contributed by atoms with Crippen molar-refractivity contribution in [2.24, 2.45) is 23.7 Å². The van der Waals surface area contributed by atoms with Crippen LogP contribution in [0, 0.1) is 23.7 Å². The number of hydrogen-bond donors (Lipinski definition) is 1. The lowest BCUT2D eigenvalue weighted by atomic mass is 9.79. The van der Waals surface area contributed by atoms with E-state index >= 15 is 0 Å². The zero-order valence-corrected chi connectivity index (χ0v) is 11.6. The summed E-state index contributed by atoms with van der Waals surface area (Å²) in [6.45, 7) is 0. The van der Waals surface area contributed by atoms with E-state index in [4.69, 9.17) is 0 Å². The highest BCUT2D eigenvalue weighted by molar-refractivity contribution is 9.10. The third kappa shape index (κ3) is 1.75. The van der Waals surface area contributed by atoms with Crippen molar-refractivity contribution < 1.29 is 8.42 Å². The van der Waals surface area contributed by atoms with E-state index in [2.05, 4.69) is 20.7 Å². The summed E-state index contributed by atoms with van der Waals surface area (Å²) >= 11 is 3.04. The van der Waals surface area contributed by atoms with Crippen LogP contribution in [0.15, 0.2) is 0 Å². The first-order valence-corrected chi connectivity index (χ1v) is 8.94. The average Bonchev–Trinajstić information content (AvgIpc) is 2.85. The van der Waals surface area contributed by atoms with E-state index in [-0.39, 0.29) is 10.7 Å². The third-order valence-electron chi connectivity index (χ3n) is 4.90. The molecule has 3 saturated carbocycles. The molecule has 0 aromatic carbocycles. The fraction of sp³-hybridized carbons (Fsp3) is 1.00. The van der Waals surface area contributed by atoms with Gasteiger partial charge in [-0.2, -0.15) is 0 Å². The summed E-state index contributed by atoms with van der Waals surface area (Å²) in [5, 5.41) is 0. The molecule has 3 fully saturated rings. The van der Waals surface area contributed by atoms with Gasteiger partial charge in [-0.1, -0.05) is 22.4 Å². The molecule has 3 nitrogen and oxygen atoms in total. The van der Waals surface area contributed by atoms with Crippen molar-refractivity contribution in [2.75, 3.05) is 4.66 Å². The Labute approximate surface area is 106 Å². The fourth-order valence-electron chi connectivity index (χ4n) is 4.47. The first-order chi connectivity index (χ1) is 7.61. The number of nitrogens with one attached hydrogen (secondary N) is 1. The van der Waals surface area contributed by atoms with Gasteiger partial charge in [-0.25, -0.2) is 13.1 Å². The molecule has 3 rings (SSSR count). The van der Waals surface area contributed by atoms with Crippen LogP contribution in [-0.2, 0) is 10.0 Å². The van der Waals surface area contributed by atoms with Gasteiger partial charge in [0.1, 0.15) is 4.66 Å².